The second-order valence-corrected chi connectivity index (χ2v) is 4.00. The van der Waals surface area contributed by atoms with Crippen LogP contribution in [0.5, 0.6) is 0 Å². The molecule has 0 aliphatic heterocycles. The molecule has 0 bridgehead atoms. The minimum atomic E-state index is -4.43. The van der Waals surface area contributed by atoms with Crippen LogP contribution in [-0.2, 0) is 6.18 Å². The van der Waals surface area contributed by atoms with Gasteiger partial charge in [-0.2, -0.15) is 13.2 Å². The molecule has 1 aromatic carbocycles. The standard InChI is InChI=1S/C11H9ClF3N3/c1-16-10-17-2-3-18(10)9-5-7(11(13,14)15)4-8(12)6-9/h2-6H,1H3,(H,16,17). The van der Waals surface area contributed by atoms with Gasteiger partial charge in [-0.1, -0.05) is 11.6 Å². The molecule has 0 atom stereocenters. The van der Waals surface area contributed by atoms with Gasteiger partial charge in [0.25, 0.3) is 0 Å². The van der Waals surface area contributed by atoms with Crippen LogP contribution in [0.25, 0.3) is 5.69 Å². The maximum absolute atomic E-state index is 12.7. The number of hydrogen-bond donors (Lipinski definition) is 1. The number of nitrogens with zero attached hydrogens (tertiary/aromatic N) is 2. The van der Waals surface area contributed by atoms with Gasteiger partial charge >= 0.3 is 6.18 Å². The van der Waals surface area contributed by atoms with Gasteiger partial charge in [-0.3, -0.25) is 4.57 Å². The smallest absolute Gasteiger partial charge is 0.358 e. The molecule has 96 valence electrons. The first-order valence-electron chi connectivity index (χ1n) is 5.01. The van der Waals surface area contributed by atoms with Gasteiger partial charge in [0.05, 0.1) is 11.3 Å². The molecule has 7 heteroatoms. The molecule has 1 heterocycles. The highest BCUT2D eigenvalue weighted by molar-refractivity contribution is 6.30. The van der Waals surface area contributed by atoms with E-state index < -0.39 is 11.7 Å². The number of anilines is 1. The van der Waals surface area contributed by atoms with Crippen LogP contribution in [0.2, 0.25) is 5.02 Å². The van der Waals surface area contributed by atoms with Gasteiger partial charge in [-0.25, -0.2) is 4.98 Å². The molecule has 2 aromatic rings. The number of rotatable bonds is 2. The summed E-state index contributed by atoms with van der Waals surface area (Å²) in [6.45, 7) is 0. The average molecular weight is 276 g/mol. The highest BCUT2D eigenvalue weighted by atomic mass is 35.5. The second kappa shape index (κ2) is 4.53. The van der Waals surface area contributed by atoms with E-state index in [0.717, 1.165) is 12.1 Å². The molecule has 0 radical (unpaired) electrons. The molecule has 18 heavy (non-hydrogen) atoms. The molecule has 0 aliphatic carbocycles. The summed E-state index contributed by atoms with van der Waals surface area (Å²) in [5.74, 6) is 0.436. The second-order valence-electron chi connectivity index (χ2n) is 3.57. The normalized spacial score (nSPS) is 11.6. The third-order valence-corrected chi connectivity index (χ3v) is 2.57. The summed E-state index contributed by atoms with van der Waals surface area (Å²) >= 11 is 5.71. The molecule has 0 saturated heterocycles. The Bertz CT molecular complexity index is 563. The number of halogens is 4. The zero-order valence-corrected chi connectivity index (χ0v) is 10.0. The molecule has 0 amide bonds. The van der Waals surface area contributed by atoms with Crippen LogP contribution in [-0.4, -0.2) is 16.6 Å². The fourth-order valence-corrected chi connectivity index (χ4v) is 1.80. The number of alkyl halides is 3. The molecule has 1 N–H and O–H groups in total. The molecule has 0 fully saturated rings. The fraction of sp³-hybridized carbons (Fsp3) is 0.182. The Kier molecular flexibility index (Phi) is 3.21. The van der Waals surface area contributed by atoms with E-state index in [0.29, 0.717) is 11.6 Å². The summed E-state index contributed by atoms with van der Waals surface area (Å²) in [6, 6.07) is 3.36. The summed E-state index contributed by atoms with van der Waals surface area (Å²) in [7, 11) is 1.63. The lowest BCUT2D eigenvalue weighted by Crippen LogP contribution is -2.07. The van der Waals surface area contributed by atoms with Crippen molar-refractivity contribution in [2.75, 3.05) is 12.4 Å². The summed E-state index contributed by atoms with van der Waals surface area (Å²) < 4.78 is 39.5. The van der Waals surface area contributed by atoms with Crippen LogP contribution in [0.4, 0.5) is 19.1 Å². The molecular weight excluding hydrogens is 267 g/mol. The molecule has 0 spiro atoms. The van der Waals surface area contributed by atoms with Gasteiger partial charge in [0, 0.05) is 24.5 Å². The van der Waals surface area contributed by atoms with E-state index in [4.69, 9.17) is 11.6 Å². The minimum absolute atomic E-state index is 0.0237. The van der Waals surface area contributed by atoms with Gasteiger partial charge < -0.3 is 5.32 Å². The van der Waals surface area contributed by atoms with Crippen molar-refractivity contribution in [1.82, 2.24) is 9.55 Å². The molecular formula is C11H9ClF3N3. The zero-order chi connectivity index (χ0) is 13.3. The van der Waals surface area contributed by atoms with E-state index in [9.17, 15) is 13.2 Å². The largest absolute Gasteiger partial charge is 0.416 e. The van der Waals surface area contributed by atoms with Gasteiger partial charge in [-0.05, 0) is 18.2 Å². The van der Waals surface area contributed by atoms with Gasteiger partial charge in [0.15, 0.2) is 0 Å². The number of aromatic nitrogens is 2. The van der Waals surface area contributed by atoms with Crippen molar-refractivity contribution in [3.63, 3.8) is 0 Å². The predicted molar refractivity (Wildman–Crippen MR) is 63.1 cm³/mol. The lowest BCUT2D eigenvalue weighted by molar-refractivity contribution is -0.137. The van der Waals surface area contributed by atoms with E-state index in [2.05, 4.69) is 10.3 Å². The Morgan fingerprint density at radius 3 is 2.61 bits per heavy atom. The Labute approximate surface area is 106 Å². The van der Waals surface area contributed by atoms with Crippen molar-refractivity contribution < 1.29 is 13.2 Å². The van der Waals surface area contributed by atoms with Crippen molar-refractivity contribution in [3.05, 3.63) is 41.2 Å². The van der Waals surface area contributed by atoms with E-state index in [1.807, 2.05) is 0 Å². The van der Waals surface area contributed by atoms with Gasteiger partial charge in [-0.15, -0.1) is 0 Å². The van der Waals surface area contributed by atoms with Gasteiger partial charge in [0.1, 0.15) is 0 Å². The minimum Gasteiger partial charge on any atom is -0.358 e. The lowest BCUT2D eigenvalue weighted by atomic mass is 10.2. The van der Waals surface area contributed by atoms with Crippen LogP contribution in [0.1, 0.15) is 5.56 Å². The molecule has 2 rings (SSSR count). The third-order valence-electron chi connectivity index (χ3n) is 2.35. The molecule has 0 aliphatic rings. The Balaban J connectivity index is 2.56. The summed E-state index contributed by atoms with van der Waals surface area (Å²) in [4.78, 5) is 3.96. The highest BCUT2D eigenvalue weighted by Gasteiger charge is 2.31. The quantitative estimate of drug-likeness (QED) is 0.908. The van der Waals surface area contributed by atoms with E-state index in [-0.39, 0.29) is 5.02 Å². The fourth-order valence-electron chi connectivity index (χ4n) is 1.57. The highest BCUT2D eigenvalue weighted by Crippen LogP contribution is 2.33. The monoisotopic (exact) mass is 275 g/mol. The molecule has 0 unspecified atom stereocenters. The maximum Gasteiger partial charge on any atom is 0.416 e. The average Bonchev–Trinajstić information content (AvgIpc) is 2.74. The Morgan fingerprint density at radius 2 is 2.00 bits per heavy atom. The lowest BCUT2D eigenvalue weighted by Gasteiger charge is -2.12. The van der Waals surface area contributed by atoms with Crippen molar-refractivity contribution in [1.29, 1.82) is 0 Å². The first-order valence-corrected chi connectivity index (χ1v) is 5.39. The van der Waals surface area contributed by atoms with Crippen LogP contribution in [0.15, 0.2) is 30.6 Å². The first kappa shape index (κ1) is 12.8. The third kappa shape index (κ3) is 2.43. The summed E-state index contributed by atoms with van der Waals surface area (Å²) in [5.41, 5.74) is -0.488. The first-order chi connectivity index (χ1) is 8.41. The Morgan fingerprint density at radius 1 is 1.28 bits per heavy atom. The maximum atomic E-state index is 12.7. The predicted octanol–water partition coefficient (Wildman–Crippen LogP) is 3.59. The number of nitrogens with one attached hydrogen (secondary N) is 1. The van der Waals surface area contributed by atoms with E-state index in [1.54, 1.807) is 13.2 Å². The molecule has 0 saturated carbocycles. The van der Waals surface area contributed by atoms with E-state index >= 15 is 0 Å². The van der Waals surface area contributed by atoms with Crippen LogP contribution >= 0.6 is 11.6 Å². The van der Waals surface area contributed by atoms with Crippen LogP contribution in [0, 0.1) is 0 Å². The van der Waals surface area contributed by atoms with Crippen molar-refractivity contribution >= 4 is 17.5 Å². The SMILES string of the molecule is CNc1nccn1-c1cc(Cl)cc(C(F)(F)F)c1. The number of imidazole rings is 1. The zero-order valence-electron chi connectivity index (χ0n) is 9.29. The topological polar surface area (TPSA) is 29.9 Å². The molecule has 1 aromatic heterocycles. The molecule has 3 nitrogen and oxygen atoms in total. The van der Waals surface area contributed by atoms with Crippen LogP contribution < -0.4 is 5.32 Å². The van der Waals surface area contributed by atoms with Crippen LogP contribution in [0.3, 0.4) is 0 Å². The van der Waals surface area contributed by atoms with Gasteiger partial charge in [0.2, 0.25) is 5.95 Å². The van der Waals surface area contributed by atoms with Crippen molar-refractivity contribution in [2.45, 2.75) is 6.18 Å². The number of hydrogen-bond acceptors (Lipinski definition) is 2. The Hall–Kier alpha value is -1.69. The summed E-state index contributed by atoms with van der Waals surface area (Å²) in [5, 5.41) is 2.80. The number of benzene rings is 1. The van der Waals surface area contributed by atoms with Crippen molar-refractivity contribution in [2.24, 2.45) is 0 Å². The summed E-state index contributed by atoms with van der Waals surface area (Å²) in [6.07, 6.45) is -1.39. The van der Waals surface area contributed by atoms with Crippen molar-refractivity contribution in [3.8, 4) is 5.69 Å². The van der Waals surface area contributed by atoms with E-state index in [1.165, 1.54) is 16.8 Å².